The molecule has 0 saturated heterocycles. The third-order valence-corrected chi connectivity index (χ3v) is 2.40. The maximum Gasteiger partial charge on any atom is 0.181 e. The van der Waals surface area contributed by atoms with Crippen molar-refractivity contribution < 1.29 is 4.74 Å². The number of nitrogens with zero attached hydrogens (tertiary/aromatic N) is 2. The molecular weight excluding hydrogens is 228 g/mol. The number of benzene rings is 1. The van der Waals surface area contributed by atoms with Gasteiger partial charge in [0, 0.05) is 12.0 Å². The van der Waals surface area contributed by atoms with Gasteiger partial charge in [-0.2, -0.15) is 5.10 Å². The van der Waals surface area contributed by atoms with E-state index in [-0.39, 0.29) is 6.10 Å². The summed E-state index contributed by atoms with van der Waals surface area (Å²) in [6.07, 6.45) is 0.886. The average molecular weight is 246 g/mol. The van der Waals surface area contributed by atoms with Crippen LogP contribution in [0.5, 0.6) is 5.75 Å². The van der Waals surface area contributed by atoms with Crippen LogP contribution in [0.25, 0.3) is 11.4 Å². The Kier molecular flexibility index (Phi) is 3.94. The van der Waals surface area contributed by atoms with Gasteiger partial charge in [0.05, 0.1) is 6.10 Å². The first kappa shape index (κ1) is 12.6. The molecule has 0 amide bonds. The van der Waals surface area contributed by atoms with Crippen molar-refractivity contribution in [2.24, 2.45) is 5.73 Å². The van der Waals surface area contributed by atoms with Gasteiger partial charge in [-0.05, 0) is 44.7 Å². The number of nitrogens with two attached hydrogens (primary N) is 1. The van der Waals surface area contributed by atoms with Crippen LogP contribution in [0, 0.1) is 0 Å². The fraction of sp³-hybridized carbons (Fsp3) is 0.385. The maximum atomic E-state index is 5.58. The fourth-order valence-electron chi connectivity index (χ4n) is 1.63. The molecule has 0 aliphatic carbocycles. The number of nitrogens with one attached hydrogen (secondary N) is 1. The van der Waals surface area contributed by atoms with Crippen LogP contribution in [0.15, 0.2) is 24.3 Å². The summed E-state index contributed by atoms with van der Waals surface area (Å²) in [5, 5.41) is 7.04. The molecule has 0 unspecified atom stereocenters. The lowest BCUT2D eigenvalue weighted by atomic mass is 10.2. The van der Waals surface area contributed by atoms with Gasteiger partial charge in [0.25, 0.3) is 0 Å². The summed E-state index contributed by atoms with van der Waals surface area (Å²) >= 11 is 0. The molecule has 0 atom stereocenters. The highest BCUT2D eigenvalue weighted by Crippen LogP contribution is 2.20. The molecule has 0 radical (unpaired) electrons. The summed E-state index contributed by atoms with van der Waals surface area (Å²) in [4.78, 5) is 4.37. The first-order valence-corrected chi connectivity index (χ1v) is 6.07. The van der Waals surface area contributed by atoms with Crippen LogP contribution in [-0.2, 0) is 6.42 Å². The molecule has 5 heteroatoms. The molecule has 0 aliphatic heterocycles. The Labute approximate surface area is 106 Å². The smallest absolute Gasteiger partial charge is 0.181 e. The number of aromatic nitrogens is 3. The number of rotatable bonds is 5. The van der Waals surface area contributed by atoms with Crippen molar-refractivity contribution in [3.8, 4) is 17.1 Å². The minimum absolute atomic E-state index is 0.176. The van der Waals surface area contributed by atoms with Crippen molar-refractivity contribution in [1.82, 2.24) is 15.2 Å². The third kappa shape index (κ3) is 3.07. The SMILES string of the molecule is CC(C)Oc1ccc(-c2n[nH]c(CCN)n2)cc1. The van der Waals surface area contributed by atoms with Gasteiger partial charge < -0.3 is 10.5 Å². The number of aromatic amines is 1. The lowest BCUT2D eigenvalue weighted by molar-refractivity contribution is 0.242. The van der Waals surface area contributed by atoms with Gasteiger partial charge in [-0.15, -0.1) is 0 Å². The van der Waals surface area contributed by atoms with E-state index in [0.29, 0.717) is 18.8 Å². The average Bonchev–Trinajstić information content (AvgIpc) is 2.78. The first-order valence-electron chi connectivity index (χ1n) is 6.07. The second-order valence-corrected chi connectivity index (χ2v) is 4.34. The molecule has 0 saturated carbocycles. The largest absolute Gasteiger partial charge is 0.491 e. The van der Waals surface area contributed by atoms with Crippen LogP contribution in [-0.4, -0.2) is 27.8 Å². The maximum absolute atomic E-state index is 5.58. The number of hydrogen-bond acceptors (Lipinski definition) is 4. The highest BCUT2D eigenvalue weighted by atomic mass is 16.5. The molecule has 0 aliphatic rings. The van der Waals surface area contributed by atoms with Crippen LogP contribution in [0.1, 0.15) is 19.7 Å². The lowest BCUT2D eigenvalue weighted by Gasteiger charge is -2.09. The van der Waals surface area contributed by atoms with Gasteiger partial charge in [0.1, 0.15) is 11.6 Å². The van der Waals surface area contributed by atoms with Crippen molar-refractivity contribution in [3.05, 3.63) is 30.1 Å². The van der Waals surface area contributed by atoms with E-state index in [1.54, 1.807) is 0 Å². The molecule has 1 aromatic carbocycles. The molecule has 0 fully saturated rings. The molecular formula is C13H18N4O. The molecule has 5 nitrogen and oxygen atoms in total. The molecule has 2 aromatic rings. The molecule has 2 rings (SSSR count). The van der Waals surface area contributed by atoms with Crippen molar-refractivity contribution in [1.29, 1.82) is 0 Å². The van der Waals surface area contributed by atoms with Gasteiger partial charge in [-0.3, -0.25) is 5.10 Å². The summed E-state index contributed by atoms with van der Waals surface area (Å²) in [7, 11) is 0. The van der Waals surface area contributed by atoms with Gasteiger partial charge in [-0.1, -0.05) is 0 Å². The van der Waals surface area contributed by atoms with E-state index in [0.717, 1.165) is 17.1 Å². The fourth-order valence-corrected chi connectivity index (χ4v) is 1.63. The number of H-pyrrole nitrogens is 1. The summed E-state index contributed by atoms with van der Waals surface area (Å²) in [6.45, 7) is 4.57. The predicted molar refractivity (Wildman–Crippen MR) is 70.3 cm³/mol. The van der Waals surface area contributed by atoms with E-state index >= 15 is 0 Å². The van der Waals surface area contributed by atoms with Crippen molar-refractivity contribution in [3.63, 3.8) is 0 Å². The van der Waals surface area contributed by atoms with E-state index in [9.17, 15) is 0 Å². The quantitative estimate of drug-likeness (QED) is 0.842. The van der Waals surface area contributed by atoms with Crippen molar-refractivity contribution in [2.75, 3.05) is 6.54 Å². The molecule has 3 N–H and O–H groups in total. The minimum atomic E-state index is 0.176. The van der Waals surface area contributed by atoms with Crippen LogP contribution in [0.4, 0.5) is 0 Å². The minimum Gasteiger partial charge on any atom is -0.491 e. The first-order chi connectivity index (χ1) is 8.69. The van der Waals surface area contributed by atoms with Gasteiger partial charge >= 0.3 is 0 Å². The monoisotopic (exact) mass is 246 g/mol. The Bertz CT molecular complexity index is 490. The Morgan fingerprint density at radius 3 is 2.61 bits per heavy atom. The zero-order valence-corrected chi connectivity index (χ0v) is 10.7. The molecule has 0 spiro atoms. The molecule has 1 heterocycles. The Morgan fingerprint density at radius 2 is 2.00 bits per heavy atom. The molecule has 0 bridgehead atoms. The second kappa shape index (κ2) is 5.64. The zero-order chi connectivity index (χ0) is 13.0. The van der Waals surface area contributed by atoms with E-state index in [1.165, 1.54) is 0 Å². The van der Waals surface area contributed by atoms with Crippen LogP contribution >= 0.6 is 0 Å². The Morgan fingerprint density at radius 1 is 1.28 bits per heavy atom. The van der Waals surface area contributed by atoms with Gasteiger partial charge in [-0.25, -0.2) is 4.98 Å². The van der Waals surface area contributed by atoms with Gasteiger partial charge in [0.2, 0.25) is 0 Å². The van der Waals surface area contributed by atoms with E-state index in [2.05, 4.69) is 15.2 Å². The molecule has 18 heavy (non-hydrogen) atoms. The van der Waals surface area contributed by atoms with E-state index < -0.39 is 0 Å². The van der Waals surface area contributed by atoms with Crippen molar-refractivity contribution in [2.45, 2.75) is 26.4 Å². The highest BCUT2D eigenvalue weighted by molar-refractivity contribution is 5.55. The van der Waals surface area contributed by atoms with Crippen LogP contribution in [0.3, 0.4) is 0 Å². The van der Waals surface area contributed by atoms with Crippen LogP contribution in [0.2, 0.25) is 0 Å². The topological polar surface area (TPSA) is 76.8 Å². The summed E-state index contributed by atoms with van der Waals surface area (Å²) in [6, 6.07) is 7.75. The van der Waals surface area contributed by atoms with E-state index in [1.807, 2.05) is 38.1 Å². The predicted octanol–water partition coefficient (Wildman–Crippen LogP) is 1.76. The molecule has 1 aromatic heterocycles. The normalized spacial score (nSPS) is 10.9. The zero-order valence-electron chi connectivity index (χ0n) is 10.7. The number of hydrogen-bond donors (Lipinski definition) is 2. The van der Waals surface area contributed by atoms with Gasteiger partial charge in [0.15, 0.2) is 5.82 Å². The standard InChI is InChI=1S/C13H18N4O/c1-9(2)18-11-5-3-10(4-6-11)13-15-12(7-8-14)16-17-13/h3-6,9H,7-8,14H2,1-2H3,(H,15,16,17). The summed E-state index contributed by atoms with van der Waals surface area (Å²) in [5.41, 5.74) is 6.43. The summed E-state index contributed by atoms with van der Waals surface area (Å²) < 4.78 is 5.58. The van der Waals surface area contributed by atoms with E-state index in [4.69, 9.17) is 10.5 Å². The Balaban J connectivity index is 2.12. The summed E-state index contributed by atoms with van der Waals surface area (Å²) in [5.74, 6) is 2.36. The second-order valence-electron chi connectivity index (χ2n) is 4.34. The highest BCUT2D eigenvalue weighted by Gasteiger charge is 2.06. The Hall–Kier alpha value is -1.88. The lowest BCUT2D eigenvalue weighted by Crippen LogP contribution is -2.05. The van der Waals surface area contributed by atoms with Crippen molar-refractivity contribution >= 4 is 0 Å². The third-order valence-electron chi connectivity index (χ3n) is 2.40. The number of ether oxygens (including phenoxy) is 1. The molecule has 96 valence electrons. The van der Waals surface area contributed by atoms with Crippen LogP contribution < -0.4 is 10.5 Å².